The van der Waals surface area contributed by atoms with Crippen LogP contribution in [0.3, 0.4) is 0 Å². The van der Waals surface area contributed by atoms with E-state index in [4.69, 9.17) is 4.74 Å². The Labute approximate surface area is 125 Å². The number of hydrogen-bond acceptors (Lipinski definition) is 4. The summed E-state index contributed by atoms with van der Waals surface area (Å²) in [7, 11) is 0. The number of nitrogens with zero attached hydrogens (tertiary/aromatic N) is 1. The van der Waals surface area contributed by atoms with E-state index < -0.39 is 0 Å². The number of carbonyl (C=O) groups is 2. The van der Waals surface area contributed by atoms with Crippen LogP contribution in [0.4, 0.5) is 0 Å². The summed E-state index contributed by atoms with van der Waals surface area (Å²) in [6.07, 6.45) is 3.64. The van der Waals surface area contributed by atoms with E-state index in [0.29, 0.717) is 39.3 Å². The fourth-order valence-electron chi connectivity index (χ4n) is 3.58. The zero-order chi connectivity index (χ0) is 14.7. The molecule has 6 nitrogen and oxygen atoms in total. The second-order valence-electron chi connectivity index (χ2n) is 6.40. The van der Waals surface area contributed by atoms with E-state index in [1.165, 1.54) is 0 Å². The van der Waals surface area contributed by atoms with Gasteiger partial charge in [0.05, 0.1) is 13.2 Å². The first-order valence-corrected chi connectivity index (χ1v) is 8.05. The average Bonchev–Trinajstić information content (AvgIpc) is 3.22. The number of ether oxygens (including phenoxy) is 1. The lowest BCUT2D eigenvalue weighted by Crippen LogP contribution is -2.42. The maximum Gasteiger partial charge on any atom is 0.224 e. The molecule has 0 aromatic rings. The molecule has 0 aromatic carbocycles. The normalized spacial score (nSPS) is 27.4. The SMILES string of the molecule is O=C(NCCC(=O)N1CCOCC1)C1CC12CCNCC2. The minimum atomic E-state index is 0.117. The van der Waals surface area contributed by atoms with Crippen LogP contribution in [-0.4, -0.2) is 62.7 Å². The van der Waals surface area contributed by atoms with Crippen molar-refractivity contribution in [3.05, 3.63) is 0 Å². The summed E-state index contributed by atoms with van der Waals surface area (Å²) in [5.74, 6) is 0.441. The largest absolute Gasteiger partial charge is 0.378 e. The summed E-state index contributed by atoms with van der Waals surface area (Å²) in [4.78, 5) is 26.0. The molecule has 0 bridgehead atoms. The molecule has 1 unspecified atom stereocenters. The Kier molecular flexibility index (Phi) is 4.45. The topological polar surface area (TPSA) is 70.7 Å². The number of amides is 2. The van der Waals surface area contributed by atoms with Crippen LogP contribution < -0.4 is 10.6 Å². The molecule has 3 fully saturated rings. The van der Waals surface area contributed by atoms with E-state index in [-0.39, 0.29) is 23.1 Å². The third-order valence-electron chi connectivity index (χ3n) is 5.11. The van der Waals surface area contributed by atoms with Gasteiger partial charge in [-0.3, -0.25) is 9.59 Å². The molecule has 3 aliphatic rings. The first-order chi connectivity index (χ1) is 10.2. The van der Waals surface area contributed by atoms with Gasteiger partial charge < -0.3 is 20.3 Å². The van der Waals surface area contributed by atoms with Gasteiger partial charge >= 0.3 is 0 Å². The standard InChI is InChI=1S/C15H25N3O3/c19-13(18-7-9-21-10-8-18)1-4-17-14(20)12-11-15(12)2-5-16-6-3-15/h12,16H,1-11H2,(H,17,20). The number of nitrogens with one attached hydrogen (secondary N) is 2. The van der Waals surface area contributed by atoms with Gasteiger partial charge in [0.1, 0.15) is 0 Å². The molecule has 0 radical (unpaired) electrons. The summed E-state index contributed by atoms with van der Waals surface area (Å²) in [6.45, 7) is 5.10. The lowest BCUT2D eigenvalue weighted by molar-refractivity contribution is -0.135. The maximum absolute atomic E-state index is 12.2. The van der Waals surface area contributed by atoms with Gasteiger partial charge in [-0.25, -0.2) is 0 Å². The quantitative estimate of drug-likeness (QED) is 0.750. The van der Waals surface area contributed by atoms with Crippen molar-refractivity contribution in [2.24, 2.45) is 11.3 Å². The Morgan fingerprint density at radius 1 is 1.24 bits per heavy atom. The third kappa shape index (κ3) is 3.37. The lowest BCUT2D eigenvalue weighted by atomic mass is 9.92. The van der Waals surface area contributed by atoms with Gasteiger partial charge in [0.25, 0.3) is 0 Å². The van der Waals surface area contributed by atoms with Crippen molar-refractivity contribution in [1.29, 1.82) is 0 Å². The van der Waals surface area contributed by atoms with Crippen molar-refractivity contribution in [3.8, 4) is 0 Å². The number of piperidine rings is 1. The molecule has 1 saturated carbocycles. The van der Waals surface area contributed by atoms with Gasteiger partial charge in [-0.05, 0) is 37.8 Å². The van der Waals surface area contributed by atoms with E-state index in [2.05, 4.69) is 10.6 Å². The van der Waals surface area contributed by atoms with E-state index >= 15 is 0 Å². The lowest BCUT2D eigenvalue weighted by Gasteiger charge is -2.27. The molecule has 2 amide bonds. The Balaban J connectivity index is 1.36. The van der Waals surface area contributed by atoms with Crippen LogP contribution in [0.5, 0.6) is 0 Å². The predicted octanol–water partition coefficient (Wildman–Crippen LogP) is -0.259. The number of carbonyl (C=O) groups excluding carboxylic acids is 2. The van der Waals surface area contributed by atoms with E-state index in [9.17, 15) is 9.59 Å². The smallest absolute Gasteiger partial charge is 0.224 e. The number of morpholine rings is 1. The van der Waals surface area contributed by atoms with Crippen molar-refractivity contribution in [2.75, 3.05) is 45.9 Å². The van der Waals surface area contributed by atoms with Gasteiger partial charge in [-0.2, -0.15) is 0 Å². The van der Waals surface area contributed by atoms with E-state index in [0.717, 1.165) is 32.4 Å². The van der Waals surface area contributed by atoms with Crippen LogP contribution in [0.1, 0.15) is 25.7 Å². The zero-order valence-corrected chi connectivity index (χ0v) is 12.5. The van der Waals surface area contributed by atoms with Gasteiger partial charge in [0, 0.05) is 32.0 Å². The van der Waals surface area contributed by atoms with Crippen LogP contribution in [0.2, 0.25) is 0 Å². The monoisotopic (exact) mass is 295 g/mol. The van der Waals surface area contributed by atoms with Crippen molar-refractivity contribution in [3.63, 3.8) is 0 Å². The van der Waals surface area contributed by atoms with Gasteiger partial charge in [-0.15, -0.1) is 0 Å². The van der Waals surface area contributed by atoms with Crippen molar-refractivity contribution < 1.29 is 14.3 Å². The summed E-state index contributed by atoms with van der Waals surface area (Å²) in [5.41, 5.74) is 0.267. The summed E-state index contributed by atoms with van der Waals surface area (Å²) in [5, 5.41) is 6.29. The molecule has 0 aromatic heterocycles. The molecule has 1 spiro atoms. The van der Waals surface area contributed by atoms with Crippen LogP contribution in [-0.2, 0) is 14.3 Å². The van der Waals surface area contributed by atoms with Crippen molar-refractivity contribution in [1.82, 2.24) is 15.5 Å². The first-order valence-electron chi connectivity index (χ1n) is 8.05. The van der Waals surface area contributed by atoms with Gasteiger partial charge in [0.2, 0.25) is 11.8 Å². The third-order valence-corrected chi connectivity index (χ3v) is 5.11. The second kappa shape index (κ2) is 6.32. The highest BCUT2D eigenvalue weighted by Crippen LogP contribution is 2.58. The number of rotatable bonds is 4. The molecule has 1 atom stereocenters. The Morgan fingerprint density at radius 3 is 2.67 bits per heavy atom. The summed E-state index contributed by atoms with van der Waals surface area (Å²) in [6, 6.07) is 0. The van der Waals surface area contributed by atoms with Crippen LogP contribution in [0.25, 0.3) is 0 Å². The molecule has 2 saturated heterocycles. The Hall–Kier alpha value is -1.14. The summed E-state index contributed by atoms with van der Waals surface area (Å²) < 4.78 is 5.23. The van der Waals surface area contributed by atoms with Crippen molar-refractivity contribution >= 4 is 11.8 Å². The van der Waals surface area contributed by atoms with Gasteiger partial charge in [-0.1, -0.05) is 0 Å². The fraction of sp³-hybridized carbons (Fsp3) is 0.867. The first kappa shape index (κ1) is 14.8. The van der Waals surface area contributed by atoms with Crippen LogP contribution in [0.15, 0.2) is 0 Å². The molecule has 6 heteroatoms. The number of hydrogen-bond donors (Lipinski definition) is 2. The predicted molar refractivity (Wildman–Crippen MR) is 77.7 cm³/mol. The minimum absolute atomic E-state index is 0.117. The maximum atomic E-state index is 12.2. The van der Waals surface area contributed by atoms with Crippen LogP contribution in [0, 0.1) is 11.3 Å². The average molecular weight is 295 g/mol. The van der Waals surface area contributed by atoms with Crippen LogP contribution >= 0.6 is 0 Å². The molecule has 2 heterocycles. The second-order valence-corrected chi connectivity index (χ2v) is 6.40. The highest BCUT2D eigenvalue weighted by atomic mass is 16.5. The molecular formula is C15H25N3O3. The summed E-state index contributed by atoms with van der Waals surface area (Å²) >= 11 is 0. The Morgan fingerprint density at radius 2 is 1.95 bits per heavy atom. The van der Waals surface area contributed by atoms with Gasteiger partial charge in [0.15, 0.2) is 0 Å². The van der Waals surface area contributed by atoms with Crippen molar-refractivity contribution in [2.45, 2.75) is 25.7 Å². The molecule has 21 heavy (non-hydrogen) atoms. The zero-order valence-electron chi connectivity index (χ0n) is 12.5. The highest BCUT2D eigenvalue weighted by molar-refractivity contribution is 5.83. The molecule has 118 valence electrons. The minimum Gasteiger partial charge on any atom is -0.378 e. The highest BCUT2D eigenvalue weighted by Gasteiger charge is 2.57. The molecular weight excluding hydrogens is 270 g/mol. The molecule has 2 aliphatic heterocycles. The Bertz CT molecular complexity index is 401. The molecule has 1 aliphatic carbocycles. The van der Waals surface area contributed by atoms with E-state index in [1.807, 2.05) is 4.90 Å². The fourth-order valence-corrected chi connectivity index (χ4v) is 3.58. The molecule has 3 rings (SSSR count). The molecule has 2 N–H and O–H groups in total. The van der Waals surface area contributed by atoms with E-state index in [1.54, 1.807) is 0 Å².